The Labute approximate surface area is 192 Å². The number of rotatable bonds is 7. The number of hydrogen-bond donors (Lipinski definition) is 1. The third kappa shape index (κ3) is 4.68. The first-order valence-corrected chi connectivity index (χ1v) is 10.8. The molecule has 0 fully saturated rings. The monoisotopic (exact) mass is 445 g/mol. The molecule has 0 saturated carbocycles. The Morgan fingerprint density at radius 1 is 1.00 bits per heavy atom. The van der Waals surface area contributed by atoms with Gasteiger partial charge in [-0.1, -0.05) is 54.1 Å². The van der Waals surface area contributed by atoms with Crippen LogP contribution in [0.4, 0.5) is 0 Å². The molecule has 0 aliphatic heterocycles. The molecular weight excluding hydrogens is 422 g/mol. The highest BCUT2D eigenvalue weighted by atomic mass is 35.5. The minimum atomic E-state index is -0.137. The number of aliphatic imine (C=N–C) groups is 1. The van der Waals surface area contributed by atoms with Gasteiger partial charge < -0.3 is 4.74 Å². The van der Waals surface area contributed by atoms with Gasteiger partial charge in [-0.15, -0.1) is 0 Å². The first-order chi connectivity index (χ1) is 15.6. The van der Waals surface area contributed by atoms with E-state index in [4.69, 9.17) is 21.3 Å². The molecule has 162 valence electrons. The number of halogens is 1. The van der Waals surface area contributed by atoms with Crippen LogP contribution in [0.3, 0.4) is 0 Å². The Morgan fingerprint density at radius 3 is 2.34 bits per heavy atom. The van der Waals surface area contributed by atoms with Crippen LogP contribution < -0.4 is 10.3 Å². The lowest BCUT2D eigenvalue weighted by atomic mass is 10.1. The number of nitrogens with one attached hydrogen (secondary N) is 1. The average molecular weight is 446 g/mol. The maximum Gasteiger partial charge on any atom is 0.280 e. The van der Waals surface area contributed by atoms with E-state index in [1.165, 1.54) is 0 Å². The van der Waals surface area contributed by atoms with Crippen molar-refractivity contribution in [2.75, 3.05) is 13.7 Å². The maximum absolute atomic E-state index is 13.4. The highest BCUT2D eigenvalue weighted by molar-refractivity contribution is 6.30. The highest BCUT2D eigenvalue weighted by Gasteiger charge is 2.19. The molecule has 0 bridgehead atoms. The van der Waals surface area contributed by atoms with Crippen LogP contribution in [0, 0.1) is 0 Å². The minimum Gasteiger partial charge on any atom is -0.497 e. The molecule has 1 heterocycles. The number of nitrogens with zero attached hydrogens (tertiary/aromatic N) is 2. The van der Waals surface area contributed by atoms with E-state index in [-0.39, 0.29) is 5.56 Å². The lowest BCUT2D eigenvalue weighted by Gasteiger charge is -2.04. The minimum absolute atomic E-state index is 0.137. The van der Waals surface area contributed by atoms with Crippen molar-refractivity contribution in [3.8, 4) is 22.7 Å². The van der Waals surface area contributed by atoms with E-state index in [1.807, 2.05) is 85.8 Å². The van der Waals surface area contributed by atoms with Crippen molar-refractivity contribution in [3.05, 3.63) is 105 Å². The smallest absolute Gasteiger partial charge is 0.280 e. The SMILES string of the molecule is COc1ccc(-n2[nH]c(-c3ccccc3)c(C(C)=NCCc3ccc(Cl)cc3)c2=O)cc1. The molecule has 0 atom stereocenters. The van der Waals surface area contributed by atoms with E-state index in [2.05, 4.69) is 5.10 Å². The molecule has 3 aromatic carbocycles. The summed E-state index contributed by atoms with van der Waals surface area (Å²) in [5.41, 5.74) is 4.70. The second kappa shape index (κ2) is 9.71. The van der Waals surface area contributed by atoms with Gasteiger partial charge >= 0.3 is 0 Å². The Hall–Kier alpha value is -3.57. The second-order valence-corrected chi connectivity index (χ2v) is 7.85. The summed E-state index contributed by atoms with van der Waals surface area (Å²) in [4.78, 5) is 18.2. The number of hydrogen-bond acceptors (Lipinski definition) is 3. The molecule has 0 saturated heterocycles. The zero-order chi connectivity index (χ0) is 22.5. The normalized spacial score (nSPS) is 11.5. The molecule has 0 aliphatic carbocycles. The van der Waals surface area contributed by atoms with Gasteiger partial charge in [-0.2, -0.15) is 0 Å². The summed E-state index contributed by atoms with van der Waals surface area (Å²) in [6.45, 7) is 2.46. The highest BCUT2D eigenvalue weighted by Crippen LogP contribution is 2.22. The summed E-state index contributed by atoms with van der Waals surface area (Å²) in [6, 6.07) is 24.9. The zero-order valence-corrected chi connectivity index (χ0v) is 18.8. The third-order valence-electron chi connectivity index (χ3n) is 5.31. The fourth-order valence-electron chi connectivity index (χ4n) is 3.58. The van der Waals surface area contributed by atoms with Crippen molar-refractivity contribution >= 4 is 17.3 Å². The molecule has 4 aromatic rings. The van der Waals surface area contributed by atoms with Gasteiger partial charge in [0.2, 0.25) is 0 Å². The third-order valence-corrected chi connectivity index (χ3v) is 5.56. The molecule has 1 N–H and O–H groups in total. The molecule has 32 heavy (non-hydrogen) atoms. The van der Waals surface area contributed by atoms with Crippen molar-refractivity contribution in [2.45, 2.75) is 13.3 Å². The Balaban J connectivity index is 1.71. The lowest BCUT2D eigenvalue weighted by molar-refractivity contribution is 0.414. The van der Waals surface area contributed by atoms with E-state index >= 15 is 0 Å². The van der Waals surface area contributed by atoms with Crippen LogP contribution in [0.1, 0.15) is 18.1 Å². The summed E-state index contributed by atoms with van der Waals surface area (Å²) in [5, 5.41) is 4.00. The molecule has 1 aromatic heterocycles. The quantitative estimate of drug-likeness (QED) is 0.379. The van der Waals surface area contributed by atoms with Gasteiger partial charge in [0.25, 0.3) is 5.56 Å². The summed E-state index contributed by atoms with van der Waals surface area (Å²) >= 11 is 5.96. The zero-order valence-electron chi connectivity index (χ0n) is 18.0. The Kier molecular flexibility index (Phi) is 6.57. The largest absolute Gasteiger partial charge is 0.497 e. The fraction of sp³-hybridized carbons (Fsp3) is 0.154. The van der Waals surface area contributed by atoms with Gasteiger partial charge in [-0.05, 0) is 55.3 Å². The molecule has 0 aliphatic rings. The summed E-state index contributed by atoms with van der Waals surface area (Å²) in [7, 11) is 1.62. The van der Waals surface area contributed by atoms with Crippen molar-refractivity contribution < 1.29 is 4.74 Å². The van der Waals surface area contributed by atoms with Crippen LogP contribution in [0.5, 0.6) is 5.75 Å². The molecule has 6 heteroatoms. The Bertz CT molecular complexity index is 1270. The van der Waals surface area contributed by atoms with E-state index in [9.17, 15) is 4.79 Å². The number of aromatic nitrogens is 2. The lowest BCUT2D eigenvalue weighted by Crippen LogP contribution is -2.19. The fourth-order valence-corrected chi connectivity index (χ4v) is 3.71. The standard InChI is InChI=1S/C26H24ClN3O2/c1-18(28-17-16-19-8-10-21(27)11-9-19)24-25(20-6-4-3-5-7-20)29-30(26(24)31)22-12-14-23(32-2)15-13-22/h3-15,29H,16-17H2,1-2H3. The molecule has 5 nitrogen and oxygen atoms in total. The van der Waals surface area contributed by atoms with Gasteiger partial charge in [0.05, 0.1) is 24.1 Å². The van der Waals surface area contributed by atoms with Gasteiger partial charge in [0, 0.05) is 22.8 Å². The van der Waals surface area contributed by atoms with Crippen molar-refractivity contribution in [1.82, 2.24) is 9.78 Å². The Morgan fingerprint density at radius 2 is 1.69 bits per heavy atom. The van der Waals surface area contributed by atoms with Gasteiger partial charge in [-0.3, -0.25) is 14.9 Å². The van der Waals surface area contributed by atoms with Crippen LogP contribution >= 0.6 is 11.6 Å². The molecule has 0 unspecified atom stereocenters. The summed E-state index contributed by atoms with van der Waals surface area (Å²) in [5.74, 6) is 0.733. The molecule has 4 rings (SSSR count). The van der Waals surface area contributed by atoms with Crippen molar-refractivity contribution in [3.63, 3.8) is 0 Å². The number of ether oxygens (including phenoxy) is 1. The number of benzene rings is 3. The van der Waals surface area contributed by atoms with Crippen LogP contribution in [0.2, 0.25) is 5.02 Å². The average Bonchev–Trinajstić information content (AvgIpc) is 3.18. The van der Waals surface area contributed by atoms with Gasteiger partial charge in [0.15, 0.2) is 0 Å². The van der Waals surface area contributed by atoms with Crippen molar-refractivity contribution in [2.24, 2.45) is 4.99 Å². The van der Waals surface area contributed by atoms with Crippen LogP contribution in [-0.4, -0.2) is 29.1 Å². The maximum atomic E-state index is 13.4. The molecule has 0 spiro atoms. The molecular formula is C26H24ClN3O2. The van der Waals surface area contributed by atoms with E-state index < -0.39 is 0 Å². The summed E-state index contributed by atoms with van der Waals surface area (Å²) in [6.07, 6.45) is 0.770. The number of aromatic amines is 1. The predicted octanol–water partition coefficient (Wildman–Crippen LogP) is 5.55. The van der Waals surface area contributed by atoms with Gasteiger partial charge in [0.1, 0.15) is 5.75 Å². The number of H-pyrrole nitrogens is 1. The van der Waals surface area contributed by atoms with Crippen LogP contribution in [0.25, 0.3) is 16.9 Å². The van der Waals surface area contributed by atoms with Crippen molar-refractivity contribution in [1.29, 1.82) is 0 Å². The molecule has 0 radical (unpaired) electrons. The predicted molar refractivity (Wildman–Crippen MR) is 131 cm³/mol. The van der Waals surface area contributed by atoms with Crippen LogP contribution in [-0.2, 0) is 6.42 Å². The first-order valence-electron chi connectivity index (χ1n) is 10.4. The first kappa shape index (κ1) is 21.7. The van der Waals surface area contributed by atoms with Crippen LogP contribution in [0.15, 0.2) is 88.6 Å². The topological polar surface area (TPSA) is 59.4 Å². The van der Waals surface area contributed by atoms with E-state index in [1.54, 1.807) is 11.8 Å². The second-order valence-electron chi connectivity index (χ2n) is 7.41. The van der Waals surface area contributed by atoms with E-state index in [0.29, 0.717) is 22.8 Å². The van der Waals surface area contributed by atoms with Gasteiger partial charge in [-0.25, -0.2) is 4.68 Å². The molecule has 0 amide bonds. The number of methoxy groups -OCH3 is 1. The van der Waals surface area contributed by atoms with E-state index in [0.717, 1.165) is 34.7 Å². The summed E-state index contributed by atoms with van der Waals surface area (Å²) < 4.78 is 6.79.